The largest absolute Gasteiger partial charge is 0.342 e. The number of halogens is 1. The summed E-state index contributed by atoms with van der Waals surface area (Å²) in [5, 5.41) is 0. The normalized spacial score (nSPS) is 26.9. The molecule has 0 unspecified atom stereocenters. The summed E-state index contributed by atoms with van der Waals surface area (Å²) in [6, 6.07) is 4.85. The van der Waals surface area contributed by atoms with E-state index in [1.54, 1.807) is 0 Å². The third-order valence-electron chi connectivity index (χ3n) is 5.87. The maximum atomic E-state index is 13.1. The summed E-state index contributed by atoms with van der Waals surface area (Å²) in [6.07, 6.45) is 3.91. The third-order valence-corrected chi connectivity index (χ3v) is 5.87. The Morgan fingerprint density at radius 1 is 1.00 bits per heavy atom. The predicted octanol–water partition coefficient (Wildman–Crippen LogP) is 1.79. The highest BCUT2D eigenvalue weighted by Crippen LogP contribution is 2.29. The maximum Gasteiger partial charge on any atom is 0.251 e. The molecule has 1 aromatic rings. The van der Waals surface area contributed by atoms with Gasteiger partial charge in [0.25, 0.3) is 5.91 Å². The number of carbonyl (C=O) groups excluding carboxylic acids is 3. The molecule has 3 amide bonds. The van der Waals surface area contributed by atoms with Crippen molar-refractivity contribution in [2.75, 3.05) is 31.1 Å². The number of likely N-dealkylation sites (tertiary alicyclic amines) is 2. The van der Waals surface area contributed by atoms with Crippen LogP contribution in [0.15, 0.2) is 24.3 Å². The first-order valence-corrected chi connectivity index (χ1v) is 9.70. The van der Waals surface area contributed by atoms with Crippen molar-refractivity contribution in [2.24, 2.45) is 5.92 Å². The number of anilines is 1. The number of imide groups is 1. The van der Waals surface area contributed by atoms with Gasteiger partial charge in [-0.05, 0) is 56.5 Å². The molecule has 1 aromatic carbocycles. The molecule has 3 aliphatic rings. The molecule has 6 nitrogen and oxygen atoms in total. The molecule has 0 aliphatic carbocycles. The Bertz CT molecular complexity index is 745. The van der Waals surface area contributed by atoms with Gasteiger partial charge in [0.2, 0.25) is 11.8 Å². The summed E-state index contributed by atoms with van der Waals surface area (Å²) in [6.45, 7) is 2.89. The summed E-state index contributed by atoms with van der Waals surface area (Å²) >= 11 is 0. The number of hydrogen-bond donors (Lipinski definition) is 0. The monoisotopic (exact) mass is 373 g/mol. The van der Waals surface area contributed by atoms with Crippen LogP contribution in [-0.2, 0) is 14.4 Å². The summed E-state index contributed by atoms with van der Waals surface area (Å²) in [5.41, 5.74) is 0.399. The van der Waals surface area contributed by atoms with E-state index in [2.05, 4.69) is 0 Å². The van der Waals surface area contributed by atoms with E-state index in [-0.39, 0.29) is 30.1 Å². The summed E-state index contributed by atoms with van der Waals surface area (Å²) < 4.78 is 13.1. The number of rotatable bonds is 3. The zero-order chi connectivity index (χ0) is 19.0. The SMILES string of the molecule is O=C([C@H]1CCCN([C@H]2CC(=O)N(c3ccc(F)cc3)C2=O)C1)N1CCCC1. The molecule has 3 aliphatic heterocycles. The number of hydrogen-bond acceptors (Lipinski definition) is 4. The van der Waals surface area contributed by atoms with Crippen LogP contribution < -0.4 is 4.90 Å². The number of carbonyl (C=O) groups is 3. The van der Waals surface area contributed by atoms with Gasteiger partial charge in [0.1, 0.15) is 5.82 Å². The maximum absolute atomic E-state index is 13.1. The fourth-order valence-corrected chi connectivity index (χ4v) is 4.45. The molecule has 144 valence electrons. The summed E-state index contributed by atoms with van der Waals surface area (Å²) in [5.74, 6) is -0.872. The van der Waals surface area contributed by atoms with E-state index in [1.165, 1.54) is 24.3 Å². The molecule has 0 aromatic heterocycles. The molecule has 3 heterocycles. The number of piperidine rings is 1. The Hall–Kier alpha value is -2.28. The van der Waals surface area contributed by atoms with Crippen molar-refractivity contribution in [1.29, 1.82) is 0 Å². The van der Waals surface area contributed by atoms with E-state index >= 15 is 0 Å². The smallest absolute Gasteiger partial charge is 0.251 e. The Kier molecular flexibility index (Phi) is 4.95. The zero-order valence-corrected chi connectivity index (χ0v) is 15.3. The van der Waals surface area contributed by atoms with Crippen molar-refractivity contribution in [2.45, 2.75) is 38.1 Å². The van der Waals surface area contributed by atoms with E-state index in [0.29, 0.717) is 18.8 Å². The lowest BCUT2D eigenvalue weighted by Crippen LogP contribution is -2.50. The van der Waals surface area contributed by atoms with Gasteiger partial charge in [-0.1, -0.05) is 0 Å². The van der Waals surface area contributed by atoms with Gasteiger partial charge in [-0.2, -0.15) is 0 Å². The fraction of sp³-hybridized carbons (Fsp3) is 0.550. The predicted molar refractivity (Wildman–Crippen MR) is 97.4 cm³/mol. The van der Waals surface area contributed by atoms with Gasteiger partial charge in [-0.25, -0.2) is 9.29 Å². The summed E-state index contributed by atoms with van der Waals surface area (Å²) in [4.78, 5) is 43.2. The molecular formula is C20H24FN3O3. The zero-order valence-electron chi connectivity index (χ0n) is 15.3. The van der Waals surface area contributed by atoms with Gasteiger partial charge >= 0.3 is 0 Å². The molecule has 0 N–H and O–H groups in total. The van der Waals surface area contributed by atoms with Crippen molar-refractivity contribution >= 4 is 23.4 Å². The average Bonchev–Trinajstić information content (AvgIpc) is 3.31. The molecule has 3 fully saturated rings. The number of nitrogens with zero attached hydrogens (tertiary/aromatic N) is 3. The quantitative estimate of drug-likeness (QED) is 0.758. The van der Waals surface area contributed by atoms with E-state index < -0.39 is 11.9 Å². The van der Waals surface area contributed by atoms with Crippen LogP contribution in [0.1, 0.15) is 32.1 Å². The van der Waals surface area contributed by atoms with Gasteiger partial charge < -0.3 is 4.90 Å². The van der Waals surface area contributed by atoms with Crippen molar-refractivity contribution in [3.63, 3.8) is 0 Å². The molecule has 4 rings (SSSR count). The lowest BCUT2D eigenvalue weighted by atomic mass is 9.95. The standard InChI is InChI=1S/C20H24FN3O3/c21-15-5-7-16(8-6-15)24-18(25)12-17(20(24)27)23-11-3-4-14(13-23)19(26)22-9-1-2-10-22/h5-8,14,17H,1-4,9-13H2/t14-,17-/m0/s1. The molecule has 7 heteroatoms. The van der Waals surface area contributed by atoms with Gasteiger partial charge in [0, 0.05) is 19.6 Å². The van der Waals surface area contributed by atoms with E-state index in [0.717, 1.165) is 43.7 Å². The van der Waals surface area contributed by atoms with Crippen LogP contribution in [0, 0.1) is 11.7 Å². The first kappa shape index (κ1) is 18.1. The Balaban J connectivity index is 1.46. The van der Waals surface area contributed by atoms with Crippen LogP contribution >= 0.6 is 0 Å². The molecule has 2 atom stereocenters. The first-order chi connectivity index (χ1) is 13.0. The Labute approximate surface area is 157 Å². The first-order valence-electron chi connectivity index (χ1n) is 9.70. The Morgan fingerprint density at radius 2 is 1.70 bits per heavy atom. The number of amides is 3. The lowest BCUT2D eigenvalue weighted by Gasteiger charge is -2.36. The summed E-state index contributed by atoms with van der Waals surface area (Å²) in [7, 11) is 0. The minimum absolute atomic E-state index is 0.0976. The molecular weight excluding hydrogens is 349 g/mol. The van der Waals surface area contributed by atoms with E-state index in [9.17, 15) is 18.8 Å². The molecule has 0 spiro atoms. The molecule has 0 bridgehead atoms. The van der Waals surface area contributed by atoms with Crippen molar-refractivity contribution in [1.82, 2.24) is 9.80 Å². The van der Waals surface area contributed by atoms with Gasteiger partial charge in [-0.15, -0.1) is 0 Å². The second-order valence-corrected chi connectivity index (χ2v) is 7.63. The molecule has 27 heavy (non-hydrogen) atoms. The minimum atomic E-state index is -0.531. The van der Waals surface area contributed by atoms with Gasteiger partial charge in [0.05, 0.1) is 24.1 Å². The van der Waals surface area contributed by atoms with Gasteiger partial charge in [-0.3, -0.25) is 19.3 Å². The van der Waals surface area contributed by atoms with Crippen LogP contribution in [0.3, 0.4) is 0 Å². The minimum Gasteiger partial charge on any atom is -0.342 e. The lowest BCUT2D eigenvalue weighted by molar-refractivity contribution is -0.137. The van der Waals surface area contributed by atoms with Crippen LogP contribution in [0.2, 0.25) is 0 Å². The molecule has 0 radical (unpaired) electrons. The van der Waals surface area contributed by atoms with Crippen LogP contribution in [-0.4, -0.2) is 59.7 Å². The molecule has 3 saturated heterocycles. The van der Waals surface area contributed by atoms with Crippen molar-refractivity contribution in [3.05, 3.63) is 30.1 Å². The topological polar surface area (TPSA) is 60.9 Å². The van der Waals surface area contributed by atoms with E-state index in [1.807, 2.05) is 9.80 Å². The van der Waals surface area contributed by atoms with Crippen LogP contribution in [0.5, 0.6) is 0 Å². The molecule has 0 saturated carbocycles. The van der Waals surface area contributed by atoms with E-state index in [4.69, 9.17) is 0 Å². The Morgan fingerprint density at radius 3 is 2.41 bits per heavy atom. The van der Waals surface area contributed by atoms with Crippen LogP contribution in [0.4, 0.5) is 10.1 Å². The van der Waals surface area contributed by atoms with Crippen LogP contribution in [0.25, 0.3) is 0 Å². The highest BCUT2D eigenvalue weighted by atomic mass is 19.1. The average molecular weight is 373 g/mol. The highest BCUT2D eigenvalue weighted by Gasteiger charge is 2.44. The highest BCUT2D eigenvalue weighted by molar-refractivity contribution is 6.22. The second-order valence-electron chi connectivity index (χ2n) is 7.63. The second kappa shape index (κ2) is 7.38. The van der Waals surface area contributed by atoms with Crippen molar-refractivity contribution < 1.29 is 18.8 Å². The van der Waals surface area contributed by atoms with Crippen molar-refractivity contribution in [3.8, 4) is 0 Å². The van der Waals surface area contributed by atoms with Gasteiger partial charge in [0.15, 0.2) is 0 Å². The third kappa shape index (κ3) is 3.48. The number of benzene rings is 1. The fourth-order valence-electron chi connectivity index (χ4n) is 4.45.